The van der Waals surface area contributed by atoms with E-state index in [0.717, 1.165) is 0 Å². The van der Waals surface area contributed by atoms with Crippen LogP contribution in [0.4, 0.5) is 0 Å². The van der Waals surface area contributed by atoms with Crippen LogP contribution in [0.1, 0.15) is 38.2 Å². The molecule has 1 rings (SSSR count). The Morgan fingerprint density at radius 1 is 1.30 bits per heavy atom. The number of rotatable bonds is 5. The van der Waals surface area contributed by atoms with E-state index in [1.807, 2.05) is 0 Å². The molecule has 1 aromatic heterocycles. The van der Waals surface area contributed by atoms with Crippen LogP contribution in [0.15, 0.2) is 21.2 Å². The molecule has 0 atom stereocenters. The van der Waals surface area contributed by atoms with Crippen molar-refractivity contribution in [2.75, 3.05) is 6.54 Å². The first-order chi connectivity index (χ1) is 9.03. The van der Waals surface area contributed by atoms with E-state index >= 15 is 0 Å². The zero-order chi connectivity index (χ0) is 15.6. The summed E-state index contributed by atoms with van der Waals surface area (Å²) in [7, 11) is 0. The number of halogens is 1. The van der Waals surface area contributed by atoms with Crippen molar-refractivity contribution in [1.82, 2.24) is 10.6 Å². The molecule has 0 aliphatic heterocycles. The van der Waals surface area contributed by atoms with Crippen LogP contribution in [-0.4, -0.2) is 34.6 Å². The molecule has 0 spiro atoms. The monoisotopic (exact) mass is 346 g/mol. The van der Waals surface area contributed by atoms with Crippen LogP contribution in [0.2, 0.25) is 0 Å². The van der Waals surface area contributed by atoms with Gasteiger partial charge in [0, 0.05) is 0 Å². The van der Waals surface area contributed by atoms with Gasteiger partial charge >= 0.3 is 0 Å². The fraction of sp³-hybridized carbons (Fsp3) is 0.538. The molecule has 2 amide bonds. The third-order valence-electron chi connectivity index (χ3n) is 3.19. The Kier molecular flexibility index (Phi) is 4.99. The van der Waals surface area contributed by atoms with Crippen molar-refractivity contribution in [2.45, 2.75) is 38.8 Å². The number of carbonyl (C=O) groups excluding carboxylic acids is 2. The zero-order valence-corrected chi connectivity index (χ0v) is 13.5. The highest BCUT2D eigenvalue weighted by atomic mass is 79.9. The molecule has 0 aromatic carbocycles. The summed E-state index contributed by atoms with van der Waals surface area (Å²) >= 11 is 3.09. The molecule has 112 valence electrons. The molecule has 0 saturated heterocycles. The van der Waals surface area contributed by atoms with E-state index in [4.69, 9.17) is 4.42 Å². The van der Waals surface area contributed by atoms with E-state index in [0.29, 0.717) is 4.67 Å². The van der Waals surface area contributed by atoms with Gasteiger partial charge in [0.1, 0.15) is 0 Å². The third-order valence-corrected chi connectivity index (χ3v) is 3.61. The molecule has 0 unspecified atom stereocenters. The second kappa shape index (κ2) is 5.97. The lowest BCUT2D eigenvalue weighted by Crippen LogP contribution is -2.59. The van der Waals surface area contributed by atoms with Crippen LogP contribution in [0.25, 0.3) is 0 Å². The molecule has 0 fully saturated rings. The minimum atomic E-state index is -1.08. The Balaban J connectivity index is 2.50. The Morgan fingerprint density at radius 3 is 2.35 bits per heavy atom. The first-order valence-electron chi connectivity index (χ1n) is 6.10. The maximum absolute atomic E-state index is 11.8. The van der Waals surface area contributed by atoms with Gasteiger partial charge in [0.15, 0.2) is 10.4 Å². The Labute approximate surface area is 126 Å². The van der Waals surface area contributed by atoms with Crippen molar-refractivity contribution < 1.29 is 19.1 Å². The minimum absolute atomic E-state index is 0.117. The van der Waals surface area contributed by atoms with E-state index in [9.17, 15) is 14.7 Å². The molecule has 1 heterocycles. The van der Waals surface area contributed by atoms with Gasteiger partial charge in [0.2, 0.25) is 5.91 Å². The number of hydrogen-bond acceptors (Lipinski definition) is 4. The largest absolute Gasteiger partial charge is 0.444 e. The number of furan rings is 1. The van der Waals surface area contributed by atoms with E-state index in [-0.39, 0.29) is 12.3 Å². The average molecular weight is 347 g/mol. The Hall–Kier alpha value is -1.34. The molecular weight excluding hydrogens is 328 g/mol. The van der Waals surface area contributed by atoms with Crippen molar-refractivity contribution in [3.05, 3.63) is 22.6 Å². The van der Waals surface area contributed by atoms with Gasteiger partial charge in [-0.25, -0.2) is 0 Å². The van der Waals surface area contributed by atoms with E-state index < -0.39 is 23.0 Å². The van der Waals surface area contributed by atoms with Gasteiger partial charge in [0.25, 0.3) is 5.91 Å². The first-order valence-corrected chi connectivity index (χ1v) is 6.89. The van der Waals surface area contributed by atoms with Crippen LogP contribution in [0, 0.1) is 0 Å². The predicted molar refractivity (Wildman–Crippen MR) is 77.3 cm³/mol. The summed E-state index contributed by atoms with van der Waals surface area (Å²) in [5.74, 6) is -0.755. The summed E-state index contributed by atoms with van der Waals surface area (Å²) in [5, 5.41) is 15.0. The lowest BCUT2D eigenvalue weighted by atomic mass is 9.86. The standard InChI is InChI=1S/C13H19BrN2O4/c1-12(2,13(3,4)19)16-10(17)7-15-11(18)8-5-6-9(14)20-8/h5-6,19H,7H2,1-4H3,(H,15,18)(H,16,17). The number of hydrogen-bond donors (Lipinski definition) is 3. The second-order valence-corrected chi connectivity index (χ2v) is 6.30. The van der Waals surface area contributed by atoms with Crippen molar-refractivity contribution in [1.29, 1.82) is 0 Å². The quantitative estimate of drug-likeness (QED) is 0.752. The molecule has 0 aliphatic rings. The number of aliphatic hydroxyl groups is 1. The van der Waals surface area contributed by atoms with Crippen LogP contribution >= 0.6 is 15.9 Å². The van der Waals surface area contributed by atoms with Crippen LogP contribution < -0.4 is 10.6 Å². The minimum Gasteiger partial charge on any atom is -0.444 e. The molecule has 20 heavy (non-hydrogen) atoms. The predicted octanol–water partition coefficient (Wildman–Crippen LogP) is 1.44. The highest BCUT2D eigenvalue weighted by molar-refractivity contribution is 9.10. The Bertz CT molecular complexity index is 503. The molecule has 7 heteroatoms. The molecule has 3 N–H and O–H groups in total. The van der Waals surface area contributed by atoms with Gasteiger partial charge in [0.05, 0.1) is 17.7 Å². The average Bonchev–Trinajstić information content (AvgIpc) is 2.70. The SMILES string of the molecule is CC(C)(O)C(C)(C)NC(=O)CNC(=O)c1ccc(Br)o1. The van der Waals surface area contributed by atoms with Gasteiger partial charge in [-0.05, 0) is 55.8 Å². The molecule has 0 bridgehead atoms. The normalized spacial score (nSPS) is 12.1. The van der Waals surface area contributed by atoms with Crippen molar-refractivity contribution in [3.8, 4) is 0 Å². The summed E-state index contributed by atoms with van der Waals surface area (Å²) in [6, 6.07) is 3.09. The van der Waals surface area contributed by atoms with E-state index in [2.05, 4.69) is 26.6 Å². The zero-order valence-electron chi connectivity index (χ0n) is 11.9. The van der Waals surface area contributed by atoms with Crippen molar-refractivity contribution >= 4 is 27.7 Å². The topological polar surface area (TPSA) is 91.6 Å². The van der Waals surface area contributed by atoms with Crippen LogP contribution in [-0.2, 0) is 4.79 Å². The summed E-state index contributed by atoms with van der Waals surface area (Å²) in [4.78, 5) is 23.4. The number of carbonyl (C=O) groups is 2. The van der Waals surface area contributed by atoms with Gasteiger partial charge < -0.3 is 20.2 Å². The Morgan fingerprint density at radius 2 is 1.90 bits per heavy atom. The molecule has 0 aliphatic carbocycles. The molecule has 0 radical (unpaired) electrons. The summed E-state index contributed by atoms with van der Waals surface area (Å²) in [6.07, 6.45) is 0. The lowest BCUT2D eigenvalue weighted by molar-refractivity contribution is -0.125. The highest BCUT2D eigenvalue weighted by Gasteiger charge is 2.36. The highest BCUT2D eigenvalue weighted by Crippen LogP contribution is 2.20. The third kappa shape index (κ3) is 4.35. The van der Waals surface area contributed by atoms with Gasteiger partial charge in [-0.15, -0.1) is 0 Å². The number of amides is 2. The van der Waals surface area contributed by atoms with E-state index in [1.165, 1.54) is 6.07 Å². The molecule has 1 aromatic rings. The fourth-order valence-electron chi connectivity index (χ4n) is 1.23. The smallest absolute Gasteiger partial charge is 0.287 e. The van der Waals surface area contributed by atoms with Crippen LogP contribution in [0.5, 0.6) is 0 Å². The maximum Gasteiger partial charge on any atom is 0.287 e. The van der Waals surface area contributed by atoms with Gasteiger partial charge in [-0.3, -0.25) is 9.59 Å². The van der Waals surface area contributed by atoms with Gasteiger partial charge in [-0.2, -0.15) is 0 Å². The van der Waals surface area contributed by atoms with Crippen molar-refractivity contribution in [3.63, 3.8) is 0 Å². The first kappa shape index (κ1) is 16.7. The second-order valence-electron chi connectivity index (χ2n) is 5.52. The number of nitrogens with one attached hydrogen (secondary N) is 2. The lowest BCUT2D eigenvalue weighted by Gasteiger charge is -2.37. The summed E-state index contributed by atoms with van der Waals surface area (Å²) in [6.45, 7) is 6.42. The maximum atomic E-state index is 11.8. The summed E-state index contributed by atoms with van der Waals surface area (Å²) < 4.78 is 5.51. The van der Waals surface area contributed by atoms with Crippen molar-refractivity contribution in [2.24, 2.45) is 0 Å². The molecule has 0 saturated carbocycles. The van der Waals surface area contributed by atoms with E-state index in [1.54, 1.807) is 33.8 Å². The fourth-order valence-corrected chi connectivity index (χ4v) is 1.54. The summed E-state index contributed by atoms with van der Waals surface area (Å²) in [5.41, 5.74) is -1.90. The van der Waals surface area contributed by atoms with Crippen LogP contribution in [0.3, 0.4) is 0 Å². The molecular formula is C13H19BrN2O4. The molecule has 6 nitrogen and oxygen atoms in total. The van der Waals surface area contributed by atoms with Gasteiger partial charge in [-0.1, -0.05) is 0 Å².